The van der Waals surface area contributed by atoms with E-state index in [1.54, 1.807) is 6.07 Å². The number of rotatable bonds is 9. The molecule has 0 spiro atoms. The fourth-order valence-corrected chi connectivity index (χ4v) is 6.27. The van der Waals surface area contributed by atoms with Gasteiger partial charge < -0.3 is 5.11 Å². The number of benzene rings is 4. The van der Waals surface area contributed by atoms with Crippen molar-refractivity contribution < 1.29 is 14.3 Å². The molecule has 0 aliphatic carbocycles. The van der Waals surface area contributed by atoms with Crippen LogP contribution in [0.4, 0.5) is 4.39 Å². The van der Waals surface area contributed by atoms with Gasteiger partial charge in [-0.1, -0.05) is 101 Å². The first-order valence-electron chi connectivity index (χ1n) is 12.3. The second kappa shape index (κ2) is 11.2. The number of hydrogen-bond acceptors (Lipinski definition) is 2. The van der Waals surface area contributed by atoms with Crippen molar-refractivity contribution in [2.45, 2.75) is 45.2 Å². The van der Waals surface area contributed by atoms with Crippen LogP contribution in [0.5, 0.6) is 5.75 Å². The third-order valence-electron chi connectivity index (χ3n) is 6.81. The number of Topliss-reactive ketones (excluding diaryl/α,β-unsaturated/α-hetero) is 1. The van der Waals surface area contributed by atoms with Crippen LogP contribution < -0.4 is 5.30 Å². The van der Waals surface area contributed by atoms with Crippen molar-refractivity contribution in [3.05, 3.63) is 130 Å². The Hall–Kier alpha value is -3.29. The number of phenolic OH excluding ortho intramolecular Hbond substituents is 1. The van der Waals surface area contributed by atoms with E-state index in [4.69, 9.17) is 0 Å². The fourth-order valence-electron chi connectivity index (χ4n) is 4.63. The maximum Gasteiger partial charge on any atom is 0.160 e. The van der Waals surface area contributed by atoms with Crippen molar-refractivity contribution in [2.75, 3.05) is 0 Å². The number of phenols is 1. The van der Waals surface area contributed by atoms with Gasteiger partial charge in [-0.2, -0.15) is 0 Å². The molecular formula is C32H32FO2P. The highest BCUT2D eigenvalue weighted by atomic mass is 31.1. The van der Waals surface area contributed by atoms with Crippen LogP contribution in [0, 0.1) is 5.82 Å². The van der Waals surface area contributed by atoms with Crippen LogP contribution in [0.15, 0.2) is 91.0 Å². The molecule has 2 nitrogen and oxygen atoms in total. The number of ketones is 1. The van der Waals surface area contributed by atoms with Crippen molar-refractivity contribution in [1.82, 2.24) is 0 Å². The van der Waals surface area contributed by atoms with Crippen LogP contribution in [-0.4, -0.2) is 10.9 Å². The molecule has 0 aromatic heterocycles. The molecular weight excluding hydrogens is 466 g/mol. The molecule has 184 valence electrons. The topological polar surface area (TPSA) is 37.3 Å². The zero-order valence-corrected chi connectivity index (χ0v) is 22.0. The molecule has 0 amide bonds. The minimum atomic E-state index is -0.426. The zero-order chi connectivity index (χ0) is 25.7. The van der Waals surface area contributed by atoms with Crippen LogP contribution in [0.3, 0.4) is 0 Å². The molecule has 2 atom stereocenters. The van der Waals surface area contributed by atoms with Crippen LogP contribution in [-0.2, 0) is 18.0 Å². The van der Waals surface area contributed by atoms with Crippen molar-refractivity contribution >= 4 is 19.7 Å². The summed E-state index contributed by atoms with van der Waals surface area (Å²) in [5, 5.41) is 12.0. The smallest absolute Gasteiger partial charge is 0.160 e. The molecule has 0 aliphatic rings. The van der Waals surface area contributed by atoms with Crippen LogP contribution in [0.25, 0.3) is 0 Å². The molecule has 1 N–H and O–H groups in total. The molecule has 0 radical (unpaired) electrons. The second-order valence-electron chi connectivity index (χ2n) is 9.53. The predicted octanol–water partition coefficient (Wildman–Crippen LogP) is 7.54. The third kappa shape index (κ3) is 5.91. The van der Waals surface area contributed by atoms with E-state index in [1.165, 1.54) is 24.6 Å². The highest BCUT2D eigenvalue weighted by Gasteiger charge is 2.31. The standard InChI is InChI=1S/C32H32FO2P/c1-4-32(3,36-30-16-15-27(33)21-28(30)22(2)34)29-20-25(17-23-11-7-5-8-12-23)19-26(31(29)35)18-24-13-9-6-10-14-24/h5-16,19-21,35-36H,4,17-18H2,1-3H3. The molecule has 4 rings (SSSR count). The summed E-state index contributed by atoms with van der Waals surface area (Å²) in [5.74, 6) is -0.258. The first kappa shape index (κ1) is 25.8. The van der Waals surface area contributed by atoms with Gasteiger partial charge in [0.15, 0.2) is 5.78 Å². The number of carbonyl (C=O) groups is 1. The lowest BCUT2D eigenvalue weighted by molar-refractivity contribution is 0.101. The Morgan fingerprint density at radius 3 is 2.06 bits per heavy atom. The van der Waals surface area contributed by atoms with E-state index >= 15 is 0 Å². The van der Waals surface area contributed by atoms with Crippen molar-refractivity contribution in [3.8, 4) is 5.75 Å². The molecule has 4 aromatic rings. The largest absolute Gasteiger partial charge is 0.507 e. The van der Waals surface area contributed by atoms with Gasteiger partial charge in [0, 0.05) is 22.7 Å². The number of carbonyl (C=O) groups excluding carboxylic acids is 1. The third-order valence-corrected chi connectivity index (χ3v) is 8.69. The van der Waals surface area contributed by atoms with Crippen LogP contribution in [0.1, 0.15) is 65.4 Å². The van der Waals surface area contributed by atoms with Gasteiger partial charge in [0.25, 0.3) is 0 Å². The number of aromatic hydroxyl groups is 1. The van der Waals surface area contributed by atoms with Crippen molar-refractivity contribution in [1.29, 1.82) is 0 Å². The van der Waals surface area contributed by atoms with Crippen LogP contribution >= 0.6 is 8.58 Å². The highest BCUT2D eigenvalue weighted by Crippen LogP contribution is 2.49. The SMILES string of the molecule is CCC(C)(Pc1ccc(F)cc1C(C)=O)c1cc(Cc2ccccc2)cc(Cc2ccccc2)c1O. The molecule has 0 aliphatic heterocycles. The minimum absolute atomic E-state index is 0.151. The van der Waals surface area contributed by atoms with Gasteiger partial charge in [-0.3, -0.25) is 4.79 Å². The summed E-state index contributed by atoms with van der Waals surface area (Å²) in [7, 11) is 0.191. The lowest BCUT2D eigenvalue weighted by atomic mass is 9.89. The average molecular weight is 499 g/mol. The first-order valence-corrected chi connectivity index (χ1v) is 13.3. The zero-order valence-electron chi connectivity index (χ0n) is 21.0. The van der Waals surface area contributed by atoms with Gasteiger partial charge in [-0.05, 0) is 59.5 Å². The Labute approximate surface area is 215 Å². The van der Waals surface area contributed by atoms with Gasteiger partial charge in [-0.25, -0.2) is 4.39 Å². The highest BCUT2D eigenvalue weighted by molar-refractivity contribution is 7.48. The summed E-state index contributed by atoms with van der Waals surface area (Å²) in [6.07, 6.45) is 2.14. The van der Waals surface area contributed by atoms with Gasteiger partial charge in [-0.15, -0.1) is 0 Å². The van der Waals surface area contributed by atoms with Gasteiger partial charge in [0.1, 0.15) is 11.6 Å². The second-order valence-corrected chi connectivity index (χ2v) is 11.4. The summed E-state index contributed by atoms with van der Waals surface area (Å²) < 4.78 is 13.9. The van der Waals surface area contributed by atoms with E-state index in [2.05, 4.69) is 50.2 Å². The van der Waals surface area contributed by atoms with E-state index < -0.39 is 11.0 Å². The van der Waals surface area contributed by atoms with Crippen molar-refractivity contribution in [2.24, 2.45) is 0 Å². The number of halogens is 1. The Kier molecular flexibility index (Phi) is 8.01. The van der Waals surface area contributed by atoms with Gasteiger partial charge in [0.05, 0.1) is 0 Å². The monoisotopic (exact) mass is 498 g/mol. The molecule has 0 saturated heterocycles. The summed E-state index contributed by atoms with van der Waals surface area (Å²) in [6, 6.07) is 29.1. The lowest BCUT2D eigenvalue weighted by Crippen LogP contribution is -2.22. The summed E-state index contributed by atoms with van der Waals surface area (Å²) in [6.45, 7) is 5.71. The van der Waals surface area contributed by atoms with Gasteiger partial charge >= 0.3 is 0 Å². The van der Waals surface area contributed by atoms with Crippen LogP contribution in [0.2, 0.25) is 0 Å². The van der Waals surface area contributed by atoms with E-state index in [1.807, 2.05) is 36.4 Å². The predicted molar refractivity (Wildman–Crippen MR) is 149 cm³/mol. The Bertz CT molecular complexity index is 1350. The molecule has 2 unspecified atom stereocenters. The summed E-state index contributed by atoms with van der Waals surface area (Å²) >= 11 is 0. The Morgan fingerprint density at radius 1 is 0.861 bits per heavy atom. The number of hydrogen-bond donors (Lipinski definition) is 1. The molecule has 0 fully saturated rings. The van der Waals surface area contributed by atoms with E-state index in [0.717, 1.165) is 40.4 Å². The normalized spacial score (nSPS) is 13.1. The molecule has 36 heavy (non-hydrogen) atoms. The Morgan fingerprint density at radius 2 is 1.47 bits per heavy atom. The van der Waals surface area contributed by atoms with E-state index in [0.29, 0.717) is 17.7 Å². The molecule has 4 aromatic carbocycles. The maximum atomic E-state index is 13.9. The molecule has 4 heteroatoms. The summed E-state index contributed by atoms with van der Waals surface area (Å²) in [5.41, 5.74) is 5.65. The quantitative estimate of drug-likeness (QED) is 0.191. The van der Waals surface area contributed by atoms with E-state index in [9.17, 15) is 14.3 Å². The minimum Gasteiger partial charge on any atom is -0.507 e. The van der Waals surface area contributed by atoms with Crippen molar-refractivity contribution in [3.63, 3.8) is 0 Å². The Balaban J connectivity index is 1.81. The van der Waals surface area contributed by atoms with E-state index in [-0.39, 0.29) is 14.4 Å². The molecule has 0 saturated carbocycles. The first-order chi connectivity index (χ1) is 17.3. The lowest BCUT2D eigenvalue weighted by Gasteiger charge is -2.32. The molecule has 0 bridgehead atoms. The van der Waals surface area contributed by atoms with Gasteiger partial charge in [0.2, 0.25) is 0 Å². The maximum absolute atomic E-state index is 13.9. The fraction of sp³-hybridized carbons (Fsp3) is 0.219. The summed E-state index contributed by atoms with van der Waals surface area (Å²) in [4.78, 5) is 12.3. The average Bonchev–Trinajstić information content (AvgIpc) is 2.88. The molecule has 0 heterocycles.